The molecule has 1 aromatic rings. The number of rotatable bonds is 2. The lowest BCUT2D eigenvalue weighted by Gasteiger charge is -2.26. The first-order valence-corrected chi connectivity index (χ1v) is 6.03. The molecule has 1 aliphatic heterocycles. The standard InChI is InChI=1S/C12H22N4/c1-12(2,3)16-10-11(8-14-16)9-15-6-4-13-5-7-15/h8,10,13H,4-7,9H2,1-3H3. The Morgan fingerprint density at radius 1 is 1.31 bits per heavy atom. The molecule has 90 valence electrons. The minimum Gasteiger partial charge on any atom is -0.314 e. The van der Waals surface area contributed by atoms with Crippen molar-refractivity contribution in [3.63, 3.8) is 0 Å². The monoisotopic (exact) mass is 222 g/mol. The van der Waals surface area contributed by atoms with Crippen molar-refractivity contribution >= 4 is 0 Å². The number of hydrogen-bond donors (Lipinski definition) is 1. The highest BCUT2D eigenvalue weighted by Crippen LogP contribution is 2.14. The molecule has 1 saturated heterocycles. The van der Waals surface area contributed by atoms with Gasteiger partial charge in [-0.1, -0.05) is 0 Å². The van der Waals surface area contributed by atoms with Crippen molar-refractivity contribution in [2.24, 2.45) is 0 Å². The molecule has 2 rings (SSSR count). The van der Waals surface area contributed by atoms with Crippen LogP contribution in [0.15, 0.2) is 12.4 Å². The number of piperazine rings is 1. The minimum atomic E-state index is 0.0850. The molecule has 1 fully saturated rings. The Bertz CT molecular complexity index is 331. The van der Waals surface area contributed by atoms with E-state index in [2.05, 4.69) is 42.3 Å². The second-order valence-electron chi connectivity index (χ2n) is 5.49. The summed E-state index contributed by atoms with van der Waals surface area (Å²) in [5.41, 5.74) is 1.40. The highest BCUT2D eigenvalue weighted by molar-refractivity contribution is 5.05. The van der Waals surface area contributed by atoms with Gasteiger partial charge < -0.3 is 5.32 Å². The van der Waals surface area contributed by atoms with Crippen LogP contribution in [0, 0.1) is 0 Å². The van der Waals surface area contributed by atoms with Gasteiger partial charge in [0.05, 0.1) is 11.7 Å². The zero-order valence-corrected chi connectivity index (χ0v) is 10.5. The molecule has 0 aromatic carbocycles. The molecule has 0 bridgehead atoms. The van der Waals surface area contributed by atoms with Gasteiger partial charge in [-0.3, -0.25) is 9.58 Å². The van der Waals surface area contributed by atoms with Gasteiger partial charge in [-0.25, -0.2) is 0 Å². The molecule has 16 heavy (non-hydrogen) atoms. The van der Waals surface area contributed by atoms with Crippen LogP contribution in [0.4, 0.5) is 0 Å². The van der Waals surface area contributed by atoms with Gasteiger partial charge >= 0.3 is 0 Å². The zero-order chi connectivity index (χ0) is 11.6. The third-order valence-corrected chi connectivity index (χ3v) is 2.94. The van der Waals surface area contributed by atoms with Crippen LogP contribution in [0.5, 0.6) is 0 Å². The Morgan fingerprint density at radius 2 is 2.00 bits per heavy atom. The Morgan fingerprint density at radius 3 is 2.56 bits per heavy atom. The molecule has 0 saturated carbocycles. The van der Waals surface area contributed by atoms with E-state index >= 15 is 0 Å². The maximum Gasteiger partial charge on any atom is 0.0543 e. The molecular weight excluding hydrogens is 200 g/mol. The fourth-order valence-electron chi connectivity index (χ4n) is 1.94. The van der Waals surface area contributed by atoms with E-state index in [0.717, 1.165) is 32.7 Å². The average Bonchev–Trinajstić information content (AvgIpc) is 2.67. The van der Waals surface area contributed by atoms with Gasteiger partial charge in [0.25, 0.3) is 0 Å². The molecule has 1 aliphatic rings. The summed E-state index contributed by atoms with van der Waals surface area (Å²) in [6.07, 6.45) is 4.16. The smallest absolute Gasteiger partial charge is 0.0543 e. The first-order valence-electron chi connectivity index (χ1n) is 6.03. The first-order chi connectivity index (χ1) is 7.55. The maximum atomic E-state index is 4.43. The van der Waals surface area contributed by atoms with Crippen LogP contribution in [0.25, 0.3) is 0 Å². The van der Waals surface area contributed by atoms with E-state index < -0.39 is 0 Å². The fourth-order valence-corrected chi connectivity index (χ4v) is 1.94. The average molecular weight is 222 g/mol. The van der Waals surface area contributed by atoms with Gasteiger partial charge in [0.2, 0.25) is 0 Å². The van der Waals surface area contributed by atoms with Crippen molar-refractivity contribution in [1.29, 1.82) is 0 Å². The molecule has 0 radical (unpaired) electrons. The Balaban J connectivity index is 1.97. The third kappa shape index (κ3) is 2.83. The van der Waals surface area contributed by atoms with Crippen molar-refractivity contribution in [1.82, 2.24) is 20.0 Å². The molecule has 0 aliphatic carbocycles. The Kier molecular flexibility index (Phi) is 3.30. The topological polar surface area (TPSA) is 33.1 Å². The highest BCUT2D eigenvalue weighted by Gasteiger charge is 2.15. The number of hydrogen-bond acceptors (Lipinski definition) is 3. The van der Waals surface area contributed by atoms with E-state index in [-0.39, 0.29) is 5.54 Å². The predicted molar refractivity (Wildman–Crippen MR) is 65.4 cm³/mol. The van der Waals surface area contributed by atoms with E-state index in [1.807, 2.05) is 10.9 Å². The molecular formula is C12H22N4. The van der Waals surface area contributed by atoms with Crippen LogP contribution >= 0.6 is 0 Å². The maximum absolute atomic E-state index is 4.43. The summed E-state index contributed by atoms with van der Waals surface area (Å²) in [5, 5.41) is 7.79. The van der Waals surface area contributed by atoms with Gasteiger partial charge in [-0.2, -0.15) is 5.10 Å². The highest BCUT2D eigenvalue weighted by atomic mass is 15.3. The fraction of sp³-hybridized carbons (Fsp3) is 0.750. The molecule has 0 amide bonds. The van der Waals surface area contributed by atoms with Crippen molar-refractivity contribution in [2.75, 3.05) is 26.2 Å². The van der Waals surface area contributed by atoms with Crippen molar-refractivity contribution in [3.8, 4) is 0 Å². The molecule has 4 nitrogen and oxygen atoms in total. The summed E-state index contributed by atoms with van der Waals surface area (Å²) in [4.78, 5) is 2.47. The number of nitrogens with zero attached hydrogens (tertiary/aromatic N) is 3. The van der Waals surface area contributed by atoms with Gasteiger partial charge in [-0.05, 0) is 20.8 Å². The lowest BCUT2D eigenvalue weighted by atomic mass is 10.1. The van der Waals surface area contributed by atoms with E-state index in [0.29, 0.717) is 0 Å². The lowest BCUT2D eigenvalue weighted by Crippen LogP contribution is -2.42. The molecule has 0 spiro atoms. The molecule has 1 aromatic heterocycles. The summed E-state index contributed by atoms with van der Waals surface area (Å²) in [6.45, 7) is 12.0. The van der Waals surface area contributed by atoms with Gasteiger partial charge in [-0.15, -0.1) is 0 Å². The van der Waals surface area contributed by atoms with E-state index in [1.165, 1.54) is 5.56 Å². The van der Waals surface area contributed by atoms with E-state index in [1.54, 1.807) is 0 Å². The lowest BCUT2D eigenvalue weighted by molar-refractivity contribution is 0.233. The summed E-state index contributed by atoms with van der Waals surface area (Å²) in [5.74, 6) is 0. The SMILES string of the molecule is CC(C)(C)n1cc(CN2CCNCC2)cn1. The van der Waals surface area contributed by atoms with Crippen LogP contribution in [0.3, 0.4) is 0 Å². The summed E-state index contributed by atoms with van der Waals surface area (Å²) in [7, 11) is 0. The first kappa shape index (κ1) is 11.6. The third-order valence-electron chi connectivity index (χ3n) is 2.94. The van der Waals surface area contributed by atoms with Crippen LogP contribution < -0.4 is 5.32 Å². The zero-order valence-electron chi connectivity index (χ0n) is 10.5. The largest absolute Gasteiger partial charge is 0.314 e. The second-order valence-corrected chi connectivity index (χ2v) is 5.49. The Hall–Kier alpha value is -0.870. The number of nitrogens with one attached hydrogen (secondary N) is 1. The van der Waals surface area contributed by atoms with Crippen molar-refractivity contribution in [3.05, 3.63) is 18.0 Å². The van der Waals surface area contributed by atoms with Crippen LogP contribution in [0.2, 0.25) is 0 Å². The van der Waals surface area contributed by atoms with Crippen LogP contribution in [0.1, 0.15) is 26.3 Å². The summed E-state index contributed by atoms with van der Waals surface area (Å²) >= 11 is 0. The van der Waals surface area contributed by atoms with Crippen LogP contribution in [-0.2, 0) is 12.1 Å². The molecule has 0 atom stereocenters. The molecule has 0 unspecified atom stereocenters. The van der Waals surface area contributed by atoms with Crippen LogP contribution in [-0.4, -0.2) is 40.9 Å². The van der Waals surface area contributed by atoms with E-state index in [4.69, 9.17) is 0 Å². The Labute approximate surface area is 97.6 Å². The van der Waals surface area contributed by atoms with Gasteiger partial charge in [0, 0.05) is 44.5 Å². The van der Waals surface area contributed by atoms with E-state index in [9.17, 15) is 0 Å². The number of aromatic nitrogens is 2. The molecule has 1 N–H and O–H groups in total. The second kappa shape index (κ2) is 4.55. The minimum absolute atomic E-state index is 0.0850. The van der Waals surface area contributed by atoms with Gasteiger partial charge in [0.1, 0.15) is 0 Å². The molecule has 2 heterocycles. The molecule has 4 heteroatoms. The van der Waals surface area contributed by atoms with Crippen molar-refractivity contribution in [2.45, 2.75) is 32.9 Å². The van der Waals surface area contributed by atoms with Gasteiger partial charge in [0.15, 0.2) is 0 Å². The predicted octanol–water partition coefficient (Wildman–Crippen LogP) is 1.04. The van der Waals surface area contributed by atoms with Crippen molar-refractivity contribution < 1.29 is 0 Å². The quantitative estimate of drug-likeness (QED) is 0.812. The normalized spacial score (nSPS) is 18.9. The summed E-state index contributed by atoms with van der Waals surface area (Å²) in [6, 6.07) is 0. The summed E-state index contributed by atoms with van der Waals surface area (Å²) < 4.78 is 2.05.